The van der Waals surface area contributed by atoms with Crippen molar-refractivity contribution >= 4 is 23.6 Å². The first kappa shape index (κ1) is 20.1. The van der Waals surface area contributed by atoms with Crippen LogP contribution in [0.4, 0.5) is 0 Å². The number of nitrogens with zero attached hydrogens (tertiary/aromatic N) is 2. The number of thioether (sulfide) groups is 1. The van der Waals surface area contributed by atoms with E-state index in [2.05, 4.69) is 18.7 Å². The van der Waals surface area contributed by atoms with E-state index in [0.29, 0.717) is 18.8 Å². The Kier molecular flexibility index (Phi) is 6.35. The Morgan fingerprint density at radius 3 is 2.37 bits per heavy atom. The quantitative estimate of drug-likeness (QED) is 0.775. The minimum Gasteiger partial charge on any atom is -0.497 e. The maximum atomic E-state index is 12.7. The van der Waals surface area contributed by atoms with Gasteiger partial charge in [0.2, 0.25) is 11.8 Å². The Hall–Kier alpha value is -1.69. The van der Waals surface area contributed by atoms with Crippen LogP contribution in [0.1, 0.15) is 38.7 Å². The third-order valence-corrected chi connectivity index (χ3v) is 7.03. The predicted molar refractivity (Wildman–Crippen MR) is 109 cm³/mol. The van der Waals surface area contributed by atoms with E-state index in [1.54, 1.807) is 7.11 Å². The molecule has 2 heterocycles. The van der Waals surface area contributed by atoms with Crippen LogP contribution in [0.5, 0.6) is 5.75 Å². The molecule has 2 aliphatic rings. The van der Waals surface area contributed by atoms with Crippen LogP contribution in [-0.4, -0.2) is 59.0 Å². The van der Waals surface area contributed by atoms with Gasteiger partial charge in [-0.15, -0.1) is 11.8 Å². The van der Waals surface area contributed by atoms with Gasteiger partial charge in [-0.1, -0.05) is 26.0 Å². The summed E-state index contributed by atoms with van der Waals surface area (Å²) in [6.07, 6.45) is 2.77. The molecule has 1 aromatic rings. The highest BCUT2D eigenvalue weighted by atomic mass is 32.2. The zero-order valence-corrected chi connectivity index (χ0v) is 17.4. The van der Waals surface area contributed by atoms with E-state index in [1.807, 2.05) is 40.9 Å². The largest absolute Gasteiger partial charge is 0.497 e. The minimum absolute atomic E-state index is 0.0944. The van der Waals surface area contributed by atoms with Gasteiger partial charge in [-0.3, -0.25) is 9.59 Å². The van der Waals surface area contributed by atoms with Crippen molar-refractivity contribution in [3.8, 4) is 5.75 Å². The second-order valence-electron chi connectivity index (χ2n) is 7.84. The second-order valence-corrected chi connectivity index (χ2v) is 9.30. The van der Waals surface area contributed by atoms with E-state index in [0.717, 1.165) is 49.5 Å². The van der Waals surface area contributed by atoms with E-state index in [9.17, 15) is 9.59 Å². The molecule has 2 aliphatic heterocycles. The number of amides is 2. The molecule has 27 heavy (non-hydrogen) atoms. The highest BCUT2D eigenvalue weighted by Crippen LogP contribution is 2.44. The first-order chi connectivity index (χ1) is 12.9. The van der Waals surface area contributed by atoms with Gasteiger partial charge in [0.15, 0.2) is 0 Å². The molecule has 0 N–H and O–H groups in total. The fourth-order valence-electron chi connectivity index (χ4n) is 3.97. The van der Waals surface area contributed by atoms with Crippen LogP contribution >= 0.6 is 11.8 Å². The number of hydrogen-bond acceptors (Lipinski definition) is 4. The molecule has 0 unspecified atom stereocenters. The summed E-state index contributed by atoms with van der Waals surface area (Å²) in [5.41, 5.74) is 1.00. The molecular formula is C21H30N2O3S. The summed E-state index contributed by atoms with van der Waals surface area (Å²) >= 11 is 1.90. The molecule has 148 valence electrons. The standard InChI is InChI=1S/C21H30N2O3S/c1-16(2)14-20(25)23-12-13-27-21(23)8-10-22(11-9-21)19(24)15-17-4-6-18(26-3)7-5-17/h4-7,16H,8-15H2,1-3H3. The molecule has 0 saturated carbocycles. The lowest BCUT2D eigenvalue weighted by Crippen LogP contribution is -2.54. The maximum Gasteiger partial charge on any atom is 0.226 e. The highest BCUT2D eigenvalue weighted by Gasteiger charge is 2.46. The van der Waals surface area contributed by atoms with Crippen LogP contribution in [0.3, 0.4) is 0 Å². The second kappa shape index (κ2) is 8.55. The van der Waals surface area contributed by atoms with E-state index in [-0.39, 0.29) is 16.7 Å². The van der Waals surface area contributed by atoms with E-state index in [4.69, 9.17) is 4.74 Å². The molecule has 2 amide bonds. The smallest absolute Gasteiger partial charge is 0.226 e. The maximum absolute atomic E-state index is 12.7. The summed E-state index contributed by atoms with van der Waals surface area (Å²) < 4.78 is 5.17. The molecular weight excluding hydrogens is 360 g/mol. The van der Waals surface area contributed by atoms with Crippen molar-refractivity contribution in [3.63, 3.8) is 0 Å². The first-order valence-corrected chi connectivity index (χ1v) is 10.8. The summed E-state index contributed by atoms with van der Waals surface area (Å²) in [4.78, 5) is 29.3. The Morgan fingerprint density at radius 2 is 1.78 bits per heavy atom. The van der Waals surface area contributed by atoms with Crippen molar-refractivity contribution in [1.29, 1.82) is 0 Å². The van der Waals surface area contributed by atoms with Crippen LogP contribution < -0.4 is 4.74 Å². The first-order valence-electron chi connectivity index (χ1n) is 9.79. The van der Waals surface area contributed by atoms with Crippen molar-refractivity contribution < 1.29 is 14.3 Å². The number of piperidine rings is 1. The molecule has 0 atom stereocenters. The highest BCUT2D eigenvalue weighted by molar-refractivity contribution is 8.00. The van der Waals surface area contributed by atoms with Crippen molar-refractivity contribution in [2.45, 2.75) is 44.4 Å². The van der Waals surface area contributed by atoms with Gasteiger partial charge in [0.1, 0.15) is 5.75 Å². The van der Waals surface area contributed by atoms with Gasteiger partial charge in [-0.25, -0.2) is 0 Å². The number of carbonyl (C=O) groups is 2. The summed E-state index contributed by atoms with van der Waals surface area (Å²) in [5, 5.41) is 0. The molecule has 0 aromatic heterocycles. The molecule has 3 rings (SSSR count). The van der Waals surface area contributed by atoms with Crippen molar-refractivity contribution in [3.05, 3.63) is 29.8 Å². The average Bonchev–Trinajstić information content (AvgIpc) is 3.05. The van der Waals surface area contributed by atoms with Crippen LogP contribution in [0.2, 0.25) is 0 Å². The van der Waals surface area contributed by atoms with Crippen molar-refractivity contribution in [2.75, 3.05) is 32.5 Å². The van der Waals surface area contributed by atoms with Crippen molar-refractivity contribution in [2.24, 2.45) is 5.92 Å². The summed E-state index contributed by atoms with van der Waals surface area (Å²) in [6, 6.07) is 7.67. The van der Waals surface area contributed by atoms with E-state index >= 15 is 0 Å². The predicted octanol–water partition coefficient (Wildman–Crippen LogP) is 3.18. The Labute approximate surface area is 166 Å². The number of methoxy groups -OCH3 is 1. The van der Waals surface area contributed by atoms with Crippen LogP contribution in [0.25, 0.3) is 0 Å². The number of rotatable bonds is 5. The fraction of sp³-hybridized carbons (Fsp3) is 0.619. The summed E-state index contributed by atoms with van der Waals surface area (Å²) in [5.74, 6) is 2.62. The van der Waals surface area contributed by atoms with Gasteiger partial charge in [0, 0.05) is 31.8 Å². The average molecular weight is 391 g/mol. The topological polar surface area (TPSA) is 49.9 Å². The van der Waals surface area contributed by atoms with E-state index < -0.39 is 0 Å². The number of carbonyl (C=O) groups excluding carboxylic acids is 2. The molecule has 0 radical (unpaired) electrons. The van der Waals surface area contributed by atoms with Gasteiger partial charge < -0.3 is 14.5 Å². The molecule has 1 aromatic carbocycles. The molecule has 2 saturated heterocycles. The number of ether oxygens (including phenoxy) is 1. The number of benzene rings is 1. The zero-order chi connectivity index (χ0) is 19.4. The number of hydrogen-bond donors (Lipinski definition) is 0. The van der Waals surface area contributed by atoms with Crippen LogP contribution in [0, 0.1) is 5.92 Å². The normalized spacial score (nSPS) is 19.0. The molecule has 0 bridgehead atoms. The van der Waals surface area contributed by atoms with Gasteiger partial charge in [0.05, 0.1) is 18.4 Å². The lowest BCUT2D eigenvalue weighted by molar-refractivity contribution is -0.137. The lowest BCUT2D eigenvalue weighted by Gasteiger charge is -2.44. The third kappa shape index (κ3) is 4.60. The van der Waals surface area contributed by atoms with Crippen molar-refractivity contribution in [1.82, 2.24) is 9.80 Å². The van der Waals surface area contributed by atoms with E-state index in [1.165, 1.54) is 0 Å². The van der Waals surface area contributed by atoms with Gasteiger partial charge in [-0.2, -0.15) is 0 Å². The molecule has 5 nitrogen and oxygen atoms in total. The SMILES string of the molecule is COc1ccc(CC(=O)N2CCC3(CC2)SCCN3C(=O)CC(C)C)cc1. The molecule has 2 fully saturated rings. The van der Waals surface area contributed by atoms with Crippen LogP contribution in [0.15, 0.2) is 24.3 Å². The summed E-state index contributed by atoms with van der Waals surface area (Å²) in [6.45, 7) is 6.49. The molecule has 1 spiro atoms. The number of likely N-dealkylation sites (tertiary alicyclic amines) is 1. The molecule has 0 aliphatic carbocycles. The van der Waals surface area contributed by atoms with Gasteiger partial charge >= 0.3 is 0 Å². The lowest BCUT2D eigenvalue weighted by atomic mass is 9.99. The Bertz CT molecular complexity index is 667. The van der Waals surface area contributed by atoms with Crippen LogP contribution in [-0.2, 0) is 16.0 Å². The third-order valence-electron chi connectivity index (χ3n) is 5.47. The zero-order valence-electron chi connectivity index (χ0n) is 16.6. The Balaban J connectivity index is 1.57. The van der Waals surface area contributed by atoms with Gasteiger partial charge in [-0.05, 0) is 36.5 Å². The fourth-order valence-corrected chi connectivity index (χ4v) is 5.44. The Morgan fingerprint density at radius 1 is 1.11 bits per heavy atom. The summed E-state index contributed by atoms with van der Waals surface area (Å²) in [7, 11) is 1.64. The van der Waals surface area contributed by atoms with Gasteiger partial charge in [0.25, 0.3) is 0 Å². The molecule has 6 heteroatoms. The monoisotopic (exact) mass is 390 g/mol. The minimum atomic E-state index is -0.0944.